The molecule has 2 heterocycles. The Labute approximate surface area is 182 Å². The lowest BCUT2D eigenvalue weighted by Gasteiger charge is -2.40. The largest absolute Gasteiger partial charge is 0.494 e. The van der Waals surface area contributed by atoms with Crippen LogP contribution in [-0.2, 0) is 4.74 Å². The first-order valence-corrected chi connectivity index (χ1v) is 10.8. The van der Waals surface area contributed by atoms with Crippen molar-refractivity contribution in [3.05, 3.63) is 54.5 Å². The fraction of sp³-hybridized carbons (Fsp3) is 0.364. The minimum absolute atomic E-state index is 0.346. The highest BCUT2D eigenvalue weighted by Crippen LogP contribution is 2.40. The molecule has 9 heteroatoms. The van der Waals surface area contributed by atoms with E-state index >= 15 is 0 Å². The third-order valence-corrected chi connectivity index (χ3v) is 6.31. The smallest absolute Gasteiger partial charge is 0.163 e. The van der Waals surface area contributed by atoms with Gasteiger partial charge in [0.1, 0.15) is 36.0 Å². The number of hydrogen-bond acceptors (Lipinski definition) is 7. The minimum atomic E-state index is -1.52. The van der Waals surface area contributed by atoms with E-state index < -0.39 is 43.1 Å². The molecule has 0 aliphatic carbocycles. The molecule has 7 nitrogen and oxygen atoms in total. The normalized spacial score (nSPS) is 26.3. The second-order valence-corrected chi connectivity index (χ2v) is 8.38. The van der Waals surface area contributed by atoms with Crippen molar-refractivity contribution in [3.63, 3.8) is 0 Å². The molecule has 5 atom stereocenters. The van der Waals surface area contributed by atoms with Gasteiger partial charge in [-0.1, -0.05) is 17.8 Å². The Kier molecular flexibility index (Phi) is 6.52. The average Bonchev–Trinajstić information content (AvgIpc) is 3.13. The van der Waals surface area contributed by atoms with E-state index in [1.54, 1.807) is 18.3 Å². The topological polar surface area (TPSA) is 104 Å². The van der Waals surface area contributed by atoms with Gasteiger partial charge < -0.3 is 34.5 Å². The van der Waals surface area contributed by atoms with Crippen LogP contribution in [0.1, 0.15) is 13.2 Å². The van der Waals surface area contributed by atoms with Crippen molar-refractivity contribution in [2.75, 3.05) is 13.2 Å². The van der Waals surface area contributed by atoms with E-state index in [1.165, 1.54) is 22.4 Å². The third-order valence-electron chi connectivity index (χ3n) is 5.28. The lowest BCUT2D eigenvalue weighted by molar-refractivity contribution is -0.250. The summed E-state index contributed by atoms with van der Waals surface area (Å²) in [4.78, 5) is 1.45. The monoisotopic (exact) mass is 449 g/mol. The van der Waals surface area contributed by atoms with Crippen LogP contribution < -0.4 is 4.74 Å². The van der Waals surface area contributed by atoms with Gasteiger partial charge in [0.15, 0.2) is 6.23 Å². The Morgan fingerprint density at radius 2 is 1.81 bits per heavy atom. The second-order valence-electron chi connectivity index (χ2n) is 7.26. The Balaban J connectivity index is 1.73. The zero-order valence-corrected chi connectivity index (χ0v) is 17.6. The van der Waals surface area contributed by atoms with Crippen molar-refractivity contribution in [3.8, 4) is 5.75 Å². The first kappa shape index (κ1) is 22.1. The first-order chi connectivity index (χ1) is 14.9. The van der Waals surface area contributed by atoms with Crippen LogP contribution in [0.3, 0.4) is 0 Å². The molecule has 1 aliphatic heterocycles. The zero-order valence-electron chi connectivity index (χ0n) is 16.8. The van der Waals surface area contributed by atoms with Crippen LogP contribution in [-0.4, -0.2) is 62.6 Å². The number of hydrogen-bond donors (Lipinski definition) is 4. The van der Waals surface area contributed by atoms with Crippen LogP contribution in [0.15, 0.2) is 58.5 Å². The highest BCUT2D eigenvalue weighted by molar-refractivity contribution is 7.99. The average molecular weight is 450 g/mol. The molecule has 0 spiro atoms. The molecule has 0 amide bonds. The summed E-state index contributed by atoms with van der Waals surface area (Å²) in [5, 5.41) is 40.6. The first-order valence-electron chi connectivity index (χ1n) is 9.95. The molecule has 0 unspecified atom stereocenters. The molecule has 0 bridgehead atoms. The van der Waals surface area contributed by atoms with Gasteiger partial charge in [-0.05, 0) is 43.3 Å². The third kappa shape index (κ3) is 4.17. The number of nitrogens with zero attached hydrogens (tertiary/aromatic N) is 1. The Hall–Kier alpha value is -2.14. The predicted octanol–water partition coefficient (Wildman–Crippen LogP) is 2.30. The molecule has 4 rings (SSSR count). The molecule has 1 saturated heterocycles. The molecule has 1 aromatic heterocycles. The lowest BCUT2D eigenvalue weighted by atomic mass is 9.98. The van der Waals surface area contributed by atoms with Gasteiger partial charge in [-0.15, -0.1) is 0 Å². The molecular formula is C22H24FNO6S. The highest BCUT2D eigenvalue weighted by atomic mass is 32.2. The van der Waals surface area contributed by atoms with Crippen LogP contribution in [0.25, 0.3) is 10.9 Å². The number of aliphatic hydroxyl groups is 4. The Bertz CT molecular complexity index is 1040. The SMILES string of the molecule is CCOc1ccc(Sc2cn([C@@H]3O[C@H](CO)[C@@H](O)[C@H](O)[C@H]3O)c3cccc(F)c23)cc1. The Morgan fingerprint density at radius 1 is 1.06 bits per heavy atom. The van der Waals surface area contributed by atoms with Crippen LogP contribution >= 0.6 is 11.8 Å². The standard InChI is InChI=1S/C22H24FNO6S/c1-2-29-12-6-8-13(9-7-12)31-17-10-24(15-5-3-4-14(23)18(15)17)22-21(28)20(27)19(26)16(11-25)30-22/h3-10,16,19-22,25-28H,2,11H2,1H3/t16-,19-,20+,21-,22-/m1/s1. The molecular weight excluding hydrogens is 425 g/mol. The van der Waals surface area contributed by atoms with E-state index in [0.717, 1.165) is 10.6 Å². The van der Waals surface area contributed by atoms with Crippen molar-refractivity contribution in [2.45, 2.75) is 47.4 Å². The van der Waals surface area contributed by atoms with Crippen LogP contribution in [0.4, 0.5) is 4.39 Å². The predicted molar refractivity (Wildman–Crippen MR) is 113 cm³/mol. The number of aromatic nitrogens is 1. The number of rotatable bonds is 6. The molecule has 1 aliphatic rings. The van der Waals surface area contributed by atoms with E-state index in [4.69, 9.17) is 9.47 Å². The lowest BCUT2D eigenvalue weighted by Crippen LogP contribution is -2.56. The maximum Gasteiger partial charge on any atom is 0.163 e. The van der Waals surface area contributed by atoms with Gasteiger partial charge in [-0.25, -0.2) is 4.39 Å². The summed E-state index contributed by atoms with van der Waals surface area (Å²) >= 11 is 1.34. The van der Waals surface area contributed by atoms with Crippen molar-refractivity contribution in [2.24, 2.45) is 0 Å². The summed E-state index contributed by atoms with van der Waals surface area (Å²) in [6.45, 7) is 1.92. The van der Waals surface area contributed by atoms with Crippen molar-refractivity contribution in [1.29, 1.82) is 0 Å². The molecule has 166 valence electrons. The summed E-state index contributed by atoms with van der Waals surface area (Å²) in [5.74, 6) is 0.302. The van der Waals surface area contributed by atoms with Crippen molar-refractivity contribution in [1.82, 2.24) is 4.57 Å². The van der Waals surface area contributed by atoms with Gasteiger partial charge in [-0.3, -0.25) is 0 Å². The van der Waals surface area contributed by atoms with E-state index in [-0.39, 0.29) is 0 Å². The number of benzene rings is 2. The van der Waals surface area contributed by atoms with E-state index in [2.05, 4.69) is 0 Å². The quantitative estimate of drug-likeness (QED) is 0.458. The fourth-order valence-electron chi connectivity index (χ4n) is 3.73. The van der Waals surface area contributed by atoms with E-state index in [9.17, 15) is 24.8 Å². The molecule has 31 heavy (non-hydrogen) atoms. The van der Waals surface area contributed by atoms with Gasteiger partial charge >= 0.3 is 0 Å². The summed E-state index contributed by atoms with van der Waals surface area (Å²) < 4.78 is 27.4. The Morgan fingerprint density at radius 3 is 2.48 bits per heavy atom. The summed E-state index contributed by atoms with van der Waals surface area (Å²) in [6.07, 6.45) is -5.00. The van der Waals surface area contributed by atoms with E-state index in [0.29, 0.717) is 22.4 Å². The van der Waals surface area contributed by atoms with Crippen molar-refractivity contribution >= 4 is 22.7 Å². The summed E-state index contributed by atoms with van der Waals surface area (Å²) in [7, 11) is 0. The molecule has 3 aromatic rings. The van der Waals surface area contributed by atoms with Crippen LogP contribution in [0, 0.1) is 5.82 Å². The van der Waals surface area contributed by atoms with Gasteiger partial charge in [0.2, 0.25) is 0 Å². The second kappa shape index (κ2) is 9.15. The molecule has 0 saturated carbocycles. The molecule has 1 fully saturated rings. The summed E-state index contributed by atoms with van der Waals surface area (Å²) in [6, 6.07) is 12.0. The van der Waals surface area contributed by atoms with Gasteiger partial charge in [0, 0.05) is 21.4 Å². The molecule has 4 N–H and O–H groups in total. The van der Waals surface area contributed by atoms with Crippen LogP contribution in [0.5, 0.6) is 5.75 Å². The van der Waals surface area contributed by atoms with Crippen LogP contribution in [0.2, 0.25) is 0 Å². The summed E-state index contributed by atoms with van der Waals surface area (Å²) in [5.41, 5.74) is 0.456. The number of halogens is 1. The number of fused-ring (bicyclic) bond motifs is 1. The molecule has 0 radical (unpaired) electrons. The highest BCUT2D eigenvalue weighted by Gasteiger charge is 2.44. The van der Waals surface area contributed by atoms with Gasteiger partial charge in [0.25, 0.3) is 0 Å². The number of aliphatic hydroxyl groups excluding tert-OH is 4. The fourth-order valence-corrected chi connectivity index (χ4v) is 4.73. The maximum atomic E-state index is 14.8. The van der Waals surface area contributed by atoms with E-state index in [1.807, 2.05) is 31.2 Å². The minimum Gasteiger partial charge on any atom is -0.494 e. The maximum absolute atomic E-state index is 14.8. The van der Waals surface area contributed by atoms with Crippen molar-refractivity contribution < 1.29 is 34.3 Å². The molecule has 2 aromatic carbocycles. The zero-order chi connectivity index (χ0) is 22.1. The number of ether oxygens (including phenoxy) is 2. The van der Waals surface area contributed by atoms with Gasteiger partial charge in [0.05, 0.1) is 18.7 Å². The van der Waals surface area contributed by atoms with Gasteiger partial charge in [-0.2, -0.15) is 0 Å².